The second-order valence-corrected chi connectivity index (χ2v) is 6.53. The number of nitrogens with one attached hydrogen (secondary N) is 2. The van der Waals surface area contributed by atoms with E-state index in [9.17, 15) is 4.79 Å². The maximum absolute atomic E-state index is 12.1. The van der Waals surface area contributed by atoms with Gasteiger partial charge in [0.15, 0.2) is 0 Å². The summed E-state index contributed by atoms with van der Waals surface area (Å²) in [5.74, 6) is 0.222. The summed E-state index contributed by atoms with van der Waals surface area (Å²) in [4.78, 5) is 12.1. The molecule has 2 aromatic rings. The normalized spacial score (nSPS) is 12.2. The summed E-state index contributed by atoms with van der Waals surface area (Å²) in [6, 6.07) is 15.2. The maximum Gasteiger partial charge on any atom is 0.238 e. The summed E-state index contributed by atoms with van der Waals surface area (Å²) in [7, 11) is 0. The largest absolute Gasteiger partial charge is 0.324 e. The molecule has 5 heteroatoms. The van der Waals surface area contributed by atoms with E-state index in [0.29, 0.717) is 21.7 Å². The van der Waals surface area contributed by atoms with Gasteiger partial charge in [0, 0.05) is 11.1 Å². The predicted molar refractivity (Wildman–Crippen MR) is 97.1 cm³/mol. The summed E-state index contributed by atoms with van der Waals surface area (Å²) in [6.07, 6.45) is 0. The lowest BCUT2D eigenvalue weighted by Crippen LogP contribution is -2.33. The minimum absolute atomic E-state index is 0.114. The van der Waals surface area contributed by atoms with E-state index < -0.39 is 0 Å². The Hall–Kier alpha value is -1.55. The van der Waals surface area contributed by atoms with Gasteiger partial charge in [0.05, 0.1) is 17.3 Å². The molecule has 1 amide bonds. The van der Waals surface area contributed by atoms with E-state index in [2.05, 4.69) is 36.6 Å². The lowest BCUT2D eigenvalue weighted by molar-refractivity contribution is -0.115. The van der Waals surface area contributed by atoms with Crippen molar-refractivity contribution in [3.05, 3.63) is 64.1 Å². The Labute approximate surface area is 147 Å². The molecule has 0 bridgehead atoms. The molecular formula is C18H20Cl2N2O. The van der Waals surface area contributed by atoms with Gasteiger partial charge in [-0.1, -0.05) is 67.4 Å². The summed E-state index contributed by atoms with van der Waals surface area (Å²) < 4.78 is 0. The molecule has 0 radical (unpaired) electrons. The molecule has 0 fully saturated rings. The van der Waals surface area contributed by atoms with Crippen LogP contribution in [0.1, 0.15) is 25.5 Å². The highest BCUT2D eigenvalue weighted by Gasteiger charge is 2.16. The minimum atomic E-state index is -0.143. The van der Waals surface area contributed by atoms with E-state index in [1.54, 1.807) is 18.2 Å². The highest BCUT2D eigenvalue weighted by Crippen LogP contribution is 2.25. The van der Waals surface area contributed by atoms with E-state index in [4.69, 9.17) is 23.2 Å². The molecule has 0 spiro atoms. The van der Waals surface area contributed by atoms with Crippen molar-refractivity contribution in [2.45, 2.75) is 19.9 Å². The Balaban J connectivity index is 1.97. The van der Waals surface area contributed by atoms with Gasteiger partial charge < -0.3 is 10.6 Å². The molecule has 122 valence electrons. The zero-order chi connectivity index (χ0) is 16.8. The van der Waals surface area contributed by atoms with Crippen molar-refractivity contribution in [2.24, 2.45) is 5.92 Å². The summed E-state index contributed by atoms with van der Waals surface area (Å²) in [5, 5.41) is 7.06. The first-order valence-corrected chi connectivity index (χ1v) is 8.26. The second-order valence-electron chi connectivity index (χ2n) is 5.69. The molecule has 1 atom stereocenters. The monoisotopic (exact) mass is 350 g/mol. The fourth-order valence-corrected chi connectivity index (χ4v) is 2.84. The lowest BCUT2D eigenvalue weighted by Gasteiger charge is -2.22. The molecule has 23 heavy (non-hydrogen) atoms. The summed E-state index contributed by atoms with van der Waals surface area (Å²) in [6.45, 7) is 4.45. The lowest BCUT2D eigenvalue weighted by atomic mass is 9.96. The Morgan fingerprint density at radius 2 is 1.78 bits per heavy atom. The highest BCUT2D eigenvalue weighted by atomic mass is 35.5. The average Bonchev–Trinajstić information content (AvgIpc) is 2.51. The van der Waals surface area contributed by atoms with Crippen LogP contribution in [0.3, 0.4) is 0 Å². The molecule has 0 aliphatic heterocycles. The van der Waals surface area contributed by atoms with Gasteiger partial charge in [-0.25, -0.2) is 0 Å². The number of hydrogen-bond donors (Lipinski definition) is 2. The van der Waals surface area contributed by atoms with Gasteiger partial charge in [-0.15, -0.1) is 0 Å². The van der Waals surface area contributed by atoms with E-state index in [1.165, 1.54) is 5.56 Å². The molecule has 2 N–H and O–H groups in total. The highest BCUT2D eigenvalue weighted by molar-refractivity contribution is 6.36. The molecule has 0 aromatic heterocycles. The van der Waals surface area contributed by atoms with E-state index in [0.717, 1.165) is 0 Å². The van der Waals surface area contributed by atoms with Crippen LogP contribution >= 0.6 is 23.2 Å². The molecule has 2 aromatic carbocycles. The van der Waals surface area contributed by atoms with Crippen LogP contribution in [-0.2, 0) is 4.79 Å². The van der Waals surface area contributed by atoms with Crippen LogP contribution in [0, 0.1) is 5.92 Å². The number of benzene rings is 2. The first-order valence-electron chi connectivity index (χ1n) is 7.50. The molecule has 2 rings (SSSR count). The SMILES string of the molecule is CC(C)[C@H](NCC(=O)Nc1ccc(Cl)cc1Cl)c1ccccc1. The van der Waals surface area contributed by atoms with Crippen LogP contribution in [0.2, 0.25) is 10.0 Å². The third-order valence-corrected chi connectivity index (χ3v) is 4.06. The van der Waals surface area contributed by atoms with Crippen molar-refractivity contribution >= 4 is 34.8 Å². The number of amides is 1. The quantitative estimate of drug-likeness (QED) is 0.776. The Morgan fingerprint density at radius 3 is 2.39 bits per heavy atom. The van der Waals surface area contributed by atoms with E-state index >= 15 is 0 Å². The molecule has 0 aliphatic carbocycles. The smallest absolute Gasteiger partial charge is 0.238 e. The van der Waals surface area contributed by atoms with Crippen molar-refractivity contribution in [3.63, 3.8) is 0 Å². The molecule has 3 nitrogen and oxygen atoms in total. The molecule has 0 aliphatic rings. The van der Waals surface area contributed by atoms with E-state index in [1.807, 2.05) is 18.2 Å². The zero-order valence-corrected chi connectivity index (χ0v) is 14.7. The number of hydrogen-bond acceptors (Lipinski definition) is 2. The Morgan fingerprint density at radius 1 is 1.09 bits per heavy atom. The maximum atomic E-state index is 12.1. The first kappa shape index (κ1) is 17.8. The van der Waals surface area contributed by atoms with Gasteiger partial charge in [-0.3, -0.25) is 4.79 Å². The van der Waals surface area contributed by atoms with Crippen molar-refractivity contribution in [2.75, 3.05) is 11.9 Å². The average molecular weight is 351 g/mol. The Kier molecular flexibility index (Phi) is 6.46. The van der Waals surface area contributed by atoms with Gasteiger partial charge in [-0.05, 0) is 29.7 Å². The third-order valence-electron chi connectivity index (χ3n) is 3.51. The number of carbonyl (C=O) groups is 1. The first-order chi connectivity index (χ1) is 11.0. The van der Waals surface area contributed by atoms with Crippen molar-refractivity contribution < 1.29 is 4.79 Å². The molecule has 0 saturated heterocycles. The fraction of sp³-hybridized carbons (Fsp3) is 0.278. The molecule has 0 unspecified atom stereocenters. The van der Waals surface area contributed by atoms with Gasteiger partial charge in [-0.2, -0.15) is 0 Å². The van der Waals surface area contributed by atoms with Gasteiger partial charge in [0.25, 0.3) is 0 Å². The number of carbonyl (C=O) groups excluding carboxylic acids is 1. The second kappa shape index (κ2) is 8.34. The topological polar surface area (TPSA) is 41.1 Å². The van der Waals surface area contributed by atoms with Crippen molar-refractivity contribution in [1.82, 2.24) is 5.32 Å². The summed E-state index contributed by atoms with van der Waals surface area (Å²) >= 11 is 11.9. The number of rotatable bonds is 6. The third kappa shape index (κ3) is 5.24. The molecule has 0 saturated carbocycles. The number of anilines is 1. The minimum Gasteiger partial charge on any atom is -0.324 e. The van der Waals surface area contributed by atoms with Gasteiger partial charge in [0.2, 0.25) is 5.91 Å². The number of halogens is 2. The van der Waals surface area contributed by atoms with Crippen LogP contribution in [0.25, 0.3) is 0 Å². The van der Waals surface area contributed by atoms with Crippen LogP contribution < -0.4 is 10.6 Å². The van der Waals surface area contributed by atoms with Crippen LogP contribution in [0.5, 0.6) is 0 Å². The molecular weight excluding hydrogens is 331 g/mol. The fourth-order valence-electron chi connectivity index (χ4n) is 2.39. The van der Waals surface area contributed by atoms with Crippen molar-refractivity contribution in [3.8, 4) is 0 Å². The molecule has 0 heterocycles. The van der Waals surface area contributed by atoms with Crippen molar-refractivity contribution in [1.29, 1.82) is 0 Å². The van der Waals surface area contributed by atoms with Crippen LogP contribution in [0.4, 0.5) is 5.69 Å². The predicted octanol–water partition coefficient (Wildman–Crippen LogP) is 4.92. The summed E-state index contributed by atoms with van der Waals surface area (Å²) in [5.41, 5.74) is 1.73. The zero-order valence-electron chi connectivity index (χ0n) is 13.1. The van der Waals surface area contributed by atoms with Crippen LogP contribution in [-0.4, -0.2) is 12.5 Å². The van der Waals surface area contributed by atoms with Crippen LogP contribution in [0.15, 0.2) is 48.5 Å². The standard InChI is InChI=1S/C18H20Cl2N2O/c1-12(2)18(13-6-4-3-5-7-13)21-11-17(23)22-16-9-8-14(19)10-15(16)20/h3-10,12,18,21H,11H2,1-2H3,(H,22,23)/t18-/m0/s1. The van der Waals surface area contributed by atoms with E-state index in [-0.39, 0.29) is 18.5 Å². The van der Waals surface area contributed by atoms with Gasteiger partial charge >= 0.3 is 0 Å². The Bertz CT molecular complexity index is 659. The van der Waals surface area contributed by atoms with Gasteiger partial charge in [0.1, 0.15) is 0 Å².